The Kier molecular flexibility index (Phi) is 6.52. The second-order valence-electron chi connectivity index (χ2n) is 4.57. The van der Waals surface area contributed by atoms with Gasteiger partial charge in [-0.2, -0.15) is 0 Å². The third-order valence-electron chi connectivity index (χ3n) is 1.87. The molecule has 0 bridgehead atoms. The van der Waals surface area contributed by atoms with Crippen LogP contribution in [0.5, 0.6) is 0 Å². The van der Waals surface area contributed by atoms with Crippen molar-refractivity contribution >= 4 is 5.91 Å². The Bertz CT molecular complexity index is 182. The molecule has 15 heavy (non-hydrogen) atoms. The fourth-order valence-corrected chi connectivity index (χ4v) is 1.16. The van der Waals surface area contributed by atoms with Crippen molar-refractivity contribution < 1.29 is 9.53 Å². The maximum atomic E-state index is 11.7. The van der Waals surface area contributed by atoms with Crippen molar-refractivity contribution in [3.63, 3.8) is 0 Å². The summed E-state index contributed by atoms with van der Waals surface area (Å²) >= 11 is 0. The Balaban J connectivity index is 4.02. The number of rotatable bonds is 6. The van der Waals surface area contributed by atoms with Gasteiger partial charge in [0.1, 0.15) is 6.61 Å². The molecule has 0 aliphatic carbocycles. The van der Waals surface area contributed by atoms with Crippen LogP contribution in [0.2, 0.25) is 0 Å². The molecule has 0 saturated heterocycles. The summed E-state index contributed by atoms with van der Waals surface area (Å²) in [5, 5.41) is 0. The van der Waals surface area contributed by atoms with Gasteiger partial charge >= 0.3 is 0 Å². The Morgan fingerprint density at radius 2 is 1.93 bits per heavy atom. The van der Waals surface area contributed by atoms with E-state index in [0.717, 1.165) is 13.0 Å². The lowest BCUT2D eigenvalue weighted by molar-refractivity contribution is -0.141. The zero-order valence-electron chi connectivity index (χ0n) is 10.4. The first-order valence-electron chi connectivity index (χ1n) is 5.52. The van der Waals surface area contributed by atoms with E-state index in [9.17, 15) is 4.79 Å². The lowest BCUT2D eigenvalue weighted by Crippen LogP contribution is -2.39. The van der Waals surface area contributed by atoms with Gasteiger partial charge in [-0.15, -0.1) is 0 Å². The predicted octanol–water partition coefficient (Wildman–Crippen LogP) is 0.999. The Morgan fingerprint density at radius 3 is 2.33 bits per heavy atom. The highest BCUT2D eigenvalue weighted by molar-refractivity contribution is 5.77. The second-order valence-corrected chi connectivity index (χ2v) is 4.57. The molecular weight excluding hydrogens is 192 g/mol. The third kappa shape index (κ3) is 7.33. The quantitative estimate of drug-likeness (QED) is 0.720. The lowest BCUT2D eigenvalue weighted by atomic mass is 10.2. The summed E-state index contributed by atoms with van der Waals surface area (Å²) in [4.78, 5) is 13.5. The van der Waals surface area contributed by atoms with Crippen LogP contribution in [0, 0.1) is 0 Å². The molecule has 2 N–H and O–H groups in total. The van der Waals surface area contributed by atoms with Crippen molar-refractivity contribution in [1.29, 1.82) is 0 Å². The van der Waals surface area contributed by atoms with Crippen LogP contribution in [0.3, 0.4) is 0 Å². The average molecular weight is 216 g/mol. The van der Waals surface area contributed by atoms with Crippen LogP contribution < -0.4 is 5.73 Å². The number of hydrogen-bond donors (Lipinski definition) is 1. The highest BCUT2D eigenvalue weighted by atomic mass is 16.5. The van der Waals surface area contributed by atoms with Gasteiger partial charge in [0.15, 0.2) is 0 Å². The number of hydrogen-bond acceptors (Lipinski definition) is 3. The maximum absolute atomic E-state index is 11.7. The molecular formula is C11H24N2O2. The molecule has 0 atom stereocenters. The number of nitrogens with zero attached hydrogens (tertiary/aromatic N) is 1. The molecule has 0 unspecified atom stereocenters. The van der Waals surface area contributed by atoms with E-state index < -0.39 is 0 Å². The van der Waals surface area contributed by atoms with E-state index in [-0.39, 0.29) is 18.1 Å². The van der Waals surface area contributed by atoms with Crippen molar-refractivity contribution in [3.8, 4) is 0 Å². The number of amides is 1. The van der Waals surface area contributed by atoms with E-state index in [2.05, 4.69) is 0 Å². The maximum Gasteiger partial charge on any atom is 0.248 e. The van der Waals surface area contributed by atoms with Crippen LogP contribution in [-0.4, -0.2) is 42.6 Å². The SMILES string of the molecule is CCCN(CCN)C(=O)COC(C)(C)C. The monoisotopic (exact) mass is 216 g/mol. The Morgan fingerprint density at radius 1 is 1.33 bits per heavy atom. The first-order chi connectivity index (χ1) is 6.90. The minimum absolute atomic E-state index is 0.0252. The molecule has 0 aromatic rings. The minimum Gasteiger partial charge on any atom is -0.366 e. The van der Waals surface area contributed by atoms with E-state index in [1.54, 1.807) is 4.90 Å². The number of ether oxygens (including phenoxy) is 1. The molecule has 0 rings (SSSR count). The molecule has 90 valence electrons. The molecule has 0 fully saturated rings. The van der Waals surface area contributed by atoms with E-state index in [4.69, 9.17) is 10.5 Å². The van der Waals surface area contributed by atoms with Gasteiger partial charge in [-0.25, -0.2) is 0 Å². The summed E-state index contributed by atoms with van der Waals surface area (Å²) in [5.41, 5.74) is 5.18. The van der Waals surface area contributed by atoms with Gasteiger partial charge in [0.2, 0.25) is 5.91 Å². The largest absolute Gasteiger partial charge is 0.366 e. The van der Waals surface area contributed by atoms with Crippen LogP contribution in [0.4, 0.5) is 0 Å². The van der Waals surface area contributed by atoms with Gasteiger partial charge in [0, 0.05) is 19.6 Å². The van der Waals surface area contributed by atoms with Crippen LogP contribution in [0.25, 0.3) is 0 Å². The lowest BCUT2D eigenvalue weighted by Gasteiger charge is -2.24. The molecule has 0 heterocycles. The first kappa shape index (κ1) is 14.4. The summed E-state index contributed by atoms with van der Waals surface area (Å²) in [6, 6.07) is 0. The average Bonchev–Trinajstić information content (AvgIpc) is 2.13. The molecule has 0 aromatic carbocycles. The summed E-state index contributed by atoms with van der Waals surface area (Å²) < 4.78 is 5.43. The van der Waals surface area contributed by atoms with Gasteiger partial charge in [0.25, 0.3) is 0 Å². The van der Waals surface area contributed by atoms with Crippen LogP contribution in [0.15, 0.2) is 0 Å². The number of carbonyl (C=O) groups is 1. The highest BCUT2D eigenvalue weighted by Crippen LogP contribution is 2.06. The topological polar surface area (TPSA) is 55.6 Å². The minimum atomic E-state index is -0.268. The van der Waals surface area contributed by atoms with Crippen LogP contribution in [0.1, 0.15) is 34.1 Å². The molecule has 0 radical (unpaired) electrons. The molecule has 0 aromatic heterocycles. The van der Waals surface area contributed by atoms with Gasteiger partial charge in [-0.1, -0.05) is 6.92 Å². The smallest absolute Gasteiger partial charge is 0.248 e. The molecule has 4 nitrogen and oxygen atoms in total. The van der Waals surface area contributed by atoms with E-state index in [1.807, 2.05) is 27.7 Å². The molecule has 0 saturated carbocycles. The normalized spacial score (nSPS) is 11.5. The van der Waals surface area contributed by atoms with E-state index in [1.165, 1.54) is 0 Å². The molecule has 0 aliphatic rings. The highest BCUT2D eigenvalue weighted by Gasteiger charge is 2.16. The number of carbonyl (C=O) groups excluding carboxylic acids is 1. The van der Waals surface area contributed by atoms with E-state index in [0.29, 0.717) is 13.1 Å². The standard InChI is InChI=1S/C11H24N2O2/c1-5-7-13(8-6-12)10(14)9-15-11(2,3)4/h5-9,12H2,1-4H3. The molecule has 4 heteroatoms. The molecule has 0 spiro atoms. The van der Waals surface area contributed by atoms with Crippen molar-refractivity contribution in [2.75, 3.05) is 26.2 Å². The van der Waals surface area contributed by atoms with Gasteiger partial charge in [-0.3, -0.25) is 4.79 Å². The van der Waals surface area contributed by atoms with Crippen molar-refractivity contribution in [2.24, 2.45) is 5.73 Å². The van der Waals surface area contributed by atoms with Gasteiger partial charge in [-0.05, 0) is 27.2 Å². The van der Waals surface area contributed by atoms with Crippen LogP contribution >= 0.6 is 0 Å². The molecule has 0 aliphatic heterocycles. The van der Waals surface area contributed by atoms with E-state index >= 15 is 0 Å². The summed E-state index contributed by atoms with van der Waals surface area (Å²) in [6.07, 6.45) is 0.946. The zero-order valence-corrected chi connectivity index (χ0v) is 10.4. The van der Waals surface area contributed by atoms with Crippen molar-refractivity contribution in [3.05, 3.63) is 0 Å². The summed E-state index contributed by atoms with van der Waals surface area (Å²) in [7, 11) is 0. The first-order valence-corrected chi connectivity index (χ1v) is 5.52. The van der Waals surface area contributed by atoms with Gasteiger partial charge < -0.3 is 15.4 Å². The number of nitrogens with two attached hydrogens (primary N) is 1. The van der Waals surface area contributed by atoms with Crippen molar-refractivity contribution in [2.45, 2.75) is 39.7 Å². The molecule has 1 amide bonds. The zero-order chi connectivity index (χ0) is 11.9. The fraction of sp³-hybridized carbons (Fsp3) is 0.909. The summed E-state index contributed by atoms with van der Waals surface area (Å²) in [5.74, 6) is 0.0252. The predicted molar refractivity (Wildman–Crippen MR) is 61.6 cm³/mol. The van der Waals surface area contributed by atoms with Gasteiger partial charge in [0.05, 0.1) is 5.60 Å². The fourth-order valence-electron chi connectivity index (χ4n) is 1.16. The Hall–Kier alpha value is -0.610. The second kappa shape index (κ2) is 6.80. The van der Waals surface area contributed by atoms with Crippen LogP contribution in [-0.2, 0) is 9.53 Å². The Labute approximate surface area is 92.8 Å². The third-order valence-corrected chi connectivity index (χ3v) is 1.87. The van der Waals surface area contributed by atoms with Crippen molar-refractivity contribution in [1.82, 2.24) is 4.90 Å². The summed E-state index contributed by atoms with van der Waals surface area (Å²) in [6.45, 7) is 9.87.